The smallest absolute Gasteiger partial charge is 0.305 e. The molecule has 0 spiro atoms. The van der Waals surface area contributed by atoms with Crippen LogP contribution in [-0.2, 0) is 14.4 Å². The molecule has 23 heavy (non-hydrogen) atoms. The van der Waals surface area contributed by atoms with Crippen molar-refractivity contribution in [3.63, 3.8) is 0 Å². The number of aliphatic carboxylic acids is 1. The summed E-state index contributed by atoms with van der Waals surface area (Å²) in [5.74, 6) is -1.57. The summed E-state index contributed by atoms with van der Waals surface area (Å²) in [6.45, 7) is 1.43. The van der Waals surface area contributed by atoms with Gasteiger partial charge in [-0.1, -0.05) is 23.9 Å². The zero-order valence-electron chi connectivity index (χ0n) is 12.1. The second-order valence-corrected chi connectivity index (χ2v) is 5.84. The number of nitrogens with one attached hydrogen (secondary N) is 2. The monoisotopic (exact) mass is 334 g/mol. The van der Waals surface area contributed by atoms with Crippen molar-refractivity contribution in [3.05, 3.63) is 29.8 Å². The molecule has 8 nitrogen and oxygen atoms in total. The highest BCUT2D eigenvalue weighted by Gasteiger charge is 2.32. The normalized spacial score (nSPS) is 19.1. The molecule has 1 aromatic carbocycles. The van der Waals surface area contributed by atoms with Crippen LogP contribution in [-0.4, -0.2) is 39.5 Å². The van der Waals surface area contributed by atoms with Gasteiger partial charge in [-0.15, -0.1) is 5.10 Å². The Labute approximate surface area is 136 Å². The molecule has 0 aliphatic carbocycles. The van der Waals surface area contributed by atoms with E-state index in [1.54, 1.807) is 24.3 Å². The van der Waals surface area contributed by atoms with Gasteiger partial charge in [-0.05, 0) is 17.7 Å². The lowest BCUT2D eigenvalue weighted by molar-refractivity contribution is -0.138. The first-order chi connectivity index (χ1) is 10.9. The van der Waals surface area contributed by atoms with Crippen molar-refractivity contribution in [1.82, 2.24) is 5.32 Å². The lowest BCUT2D eigenvalue weighted by Crippen LogP contribution is -2.26. The standard InChI is InChI=1S/C14H14N4O4S/c1-8(19)16-10-4-2-9(3-5-10)7-15-18-14-17-13(22)11(23-14)6-12(20)21/h2-5,7,11H,6H2,1H3,(H,16,19)(H,20,21)(H,17,18,22)/b15-7-/t11-/m1/s1. The number of benzene rings is 1. The number of carboxylic acid groups (broad SMARTS) is 1. The molecule has 0 radical (unpaired) electrons. The molecule has 3 N–H and O–H groups in total. The molecule has 1 atom stereocenters. The largest absolute Gasteiger partial charge is 0.481 e. The Hall–Kier alpha value is -2.68. The topological polar surface area (TPSA) is 120 Å². The second-order valence-electron chi connectivity index (χ2n) is 4.65. The zero-order valence-corrected chi connectivity index (χ0v) is 13.0. The third-order valence-corrected chi connectivity index (χ3v) is 3.80. The maximum atomic E-state index is 11.5. The number of thioether (sulfide) groups is 1. The Morgan fingerprint density at radius 1 is 1.39 bits per heavy atom. The molecule has 0 aromatic heterocycles. The van der Waals surface area contributed by atoms with Crippen LogP contribution in [0.4, 0.5) is 5.69 Å². The minimum atomic E-state index is -1.04. The highest BCUT2D eigenvalue weighted by Crippen LogP contribution is 2.22. The number of carbonyl (C=O) groups excluding carboxylic acids is 2. The number of anilines is 1. The van der Waals surface area contributed by atoms with Crippen molar-refractivity contribution in [1.29, 1.82) is 0 Å². The van der Waals surface area contributed by atoms with E-state index in [-0.39, 0.29) is 23.4 Å². The summed E-state index contributed by atoms with van der Waals surface area (Å²) in [7, 11) is 0. The third kappa shape index (κ3) is 5.22. The van der Waals surface area contributed by atoms with E-state index in [9.17, 15) is 14.4 Å². The number of amides is 2. The molecule has 1 aliphatic heterocycles. The van der Waals surface area contributed by atoms with Crippen molar-refractivity contribution >= 4 is 46.6 Å². The van der Waals surface area contributed by atoms with Gasteiger partial charge in [-0.25, -0.2) is 0 Å². The van der Waals surface area contributed by atoms with Crippen molar-refractivity contribution in [2.24, 2.45) is 10.2 Å². The molecule has 0 unspecified atom stereocenters. The van der Waals surface area contributed by atoms with Gasteiger partial charge in [0, 0.05) is 12.6 Å². The Kier molecular flexibility index (Phi) is 5.47. The van der Waals surface area contributed by atoms with Gasteiger partial charge in [0.05, 0.1) is 12.6 Å². The number of hydrogen-bond acceptors (Lipinski definition) is 6. The number of carboxylic acids is 1. The summed E-state index contributed by atoms with van der Waals surface area (Å²) in [6, 6.07) is 6.96. The minimum Gasteiger partial charge on any atom is -0.481 e. The summed E-state index contributed by atoms with van der Waals surface area (Å²) < 4.78 is 0. The maximum absolute atomic E-state index is 11.5. The van der Waals surface area contributed by atoms with E-state index < -0.39 is 11.2 Å². The Morgan fingerprint density at radius 3 is 2.70 bits per heavy atom. The van der Waals surface area contributed by atoms with Crippen LogP contribution in [0, 0.1) is 0 Å². The van der Waals surface area contributed by atoms with Gasteiger partial charge >= 0.3 is 5.97 Å². The van der Waals surface area contributed by atoms with Crippen molar-refractivity contribution < 1.29 is 19.5 Å². The Balaban J connectivity index is 1.94. The van der Waals surface area contributed by atoms with Crippen LogP contribution in [0.25, 0.3) is 0 Å². The second kappa shape index (κ2) is 7.54. The van der Waals surface area contributed by atoms with E-state index in [4.69, 9.17) is 5.11 Å². The van der Waals surface area contributed by atoms with E-state index in [0.717, 1.165) is 17.3 Å². The van der Waals surface area contributed by atoms with Crippen molar-refractivity contribution in [2.45, 2.75) is 18.6 Å². The van der Waals surface area contributed by atoms with E-state index in [2.05, 4.69) is 20.8 Å². The van der Waals surface area contributed by atoms with Crippen LogP contribution in [0.15, 0.2) is 34.5 Å². The highest BCUT2D eigenvalue weighted by atomic mass is 32.2. The van der Waals surface area contributed by atoms with E-state index in [0.29, 0.717) is 5.69 Å². The highest BCUT2D eigenvalue weighted by molar-refractivity contribution is 8.15. The van der Waals surface area contributed by atoms with Crippen LogP contribution >= 0.6 is 11.8 Å². The van der Waals surface area contributed by atoms with E-state index in [1.807, 2.05) is 0 Å². The quantitative estimate of drug-likeness (QED) is 0.549. The SMILES string of the molecule is CC(=O)Nc1ccc(/C=N\N=C2\NC(=O)[C@@H](CC(=O)O)S2)cc1. The molecule has 120 valence electrons. The summed E-state index contributed by atoms with van der Waals surface area (Å²) in [5, 5.41) is 21.1. The van der Waals surface area contributed by atoms with Gasteiger partial charge in [-0.3, -0.25) is 14.4 Å². The summed E-state index contributed by atoms with van der Waals surface area (Å²) >= 11 is 1.04. The van der Waals surface area contributed by atoms with Crippen LogP contribution in [0.5, 0.6) is 0 Å². The molecule has 1 aromatic rings. The third-order valence-electron chi connectivity index (χ3n) is 2.72. The predicted molar refractivity (Wildman–Crippen MR) is 87.5 cm³/mol. The average Bonchev–Trinajstić information content (AvgIpc) is 2.80. The molecule has 0 saturated carbocycles. The van der Waals surface area contributed by atoms with Crippen molar-refractivity contribution in [3.8, 4) is 0 Å². The first-order valence-electron chi connectivity index (χ1n) is 6.62. The Bertz CT molecular complexity index is 685. The molecule has 1 aliphatic rings. The number of rotatable bonds is 5. The fourth-order valence-electron chi connectivity index (χ4n) is 1.75. The molecular formula is C14H14N4O4S. The van der Waals surface area contributed by atoms with Gasteiger partial charge < -0.3 is 15.7 Å². The lowest BCUT2D eigenvalue weighted by atomic mass is 10.2. The minimum absolute atomic E-state index is 0.150. The molecule has 9 heteroatoms. The molecule has 1 heterocycles. The maximum Gasteiger partial charge on any atom is 0.305 e. The molecule has 1 fully saturated rings. The number of amidine groups is 1. The van der Waals surface area contributed by atoms with Crippen LogP contribution in [0.3, 0.4) is 0 Å². The number of hydrogen-bond donors (Lipinski definition) is 3. The number of carbonyl (C=O) groups is 3. The zero-order chi connectivity index (χ0) is 16.8. The molecular weight excluding hydrogens is 320 g/mol. The first-order valence-corrected chi connectivity index (χ1v) is 7.50. The molecule has 1 saturated heterocycles. The van der Waals surface area contributed by atoms with Gasteiger partial charge in [0.25, 0.3) is 0 Å². The van der Waals surface area contributed by atoms with E-state index >= 15 is 0 Å². The molecule has 2 rings (SSSR count). The average molecular weight is 334 g/mol. The fourth-order valence-corrected chi connectivity index (χ4v) is 2.66. The lowest BCUT2D eigenvalue weighted by Gasteiger charge is -2.01. The van der Waals surface area contributed by atoms with Gasteiger partial charge in [0.2, 0.25) is 11.8 Å². The van der Waals surface area contributed by atoms with Gasteiger partial charge in [0.15, 0.2) is 5.17 Å². The van der Waals surface area contributed by atoms with Crippen LogP contribution in [0.2, 0.25) is 0 Å². The number of nitrogens with zero attached hydrogens (tertiary/aromatic N) is 2. The molecule has 0 bridgehead atoms. The van der Waals surface area contributed by atoms with Gasteiger partial charge in [0.1, 0.15) is 5.25 Å². The fraction of sp³-hybridized carbons (Fsp3) is 0.214. The van der Waals surface area contributed by atoms with E-state index in [1.165, 1.54) is 13.1 Å². The van der Waals surface area contributed by atoms with Crippen LogP contribution < -0.4 is 10.6 Å². The predicted octanol–water partition coefficient (Wildman–Crippen LogP) is 1.04. The summed E-state index contributed by atoms with van der Waals surface area (Å²) in [5.41, 5.74) is 1.44. The Morgan fingerprint density at radius 2 is 2.09 bits per heavy atom. The summed E-state index contributed by atoms with van der Waals surface area (Å²) in [6.07, 6.45) is 1.23. The van der Waals surface area contributed by atoms with Crippen molar-refractivity contribution in [2.75, 3.05) is 5.32 Å². The first kappa shape index (κ1) is 16.7. The van der Waals surface area contributed by atoms with Crippen LogP contribution in [0.1, 0.15) is 18.9 Å². The summed E-state index contributed by atoms with van der Waals surface area (Å²) in [4.78, 5) is 33.0. The molecule has 2 amide bonds. The van der Waals surface area contributed by atoms with Gasteiger partial charge in [-0.2, -0.15) is 5.10 Å².